The van der Waals surface area contributed by atoms with E-state index in [1.54, 1.807) is 19.3 Å². The number of carbonyl (C=O) groups is 1. The Morgan fingerprint density at radius 2 is 1.78 bits per heavy atom. The number of ketones is 1. The Balaban J connectivity index is 1.47. The van der Waals surface area contributed by atoms with E-state index >= 15 is 0 Å². The van der Waals surface area contributed by atoms with Gasteiger partial charge in [-0.05, 0) is 37.3 Å². The number of hydrogen-bond donors (Lipinski definition) is 0. The Hall–Kier alpha value is -3.28. The monoisotopic (exact) mass is 359 g/mol. The fraction of sp³-hybridized carbons (Fsp3) is 0.238. The molecule has 0 aliphatic carbocycles. The van der Waals surface area contributed by atoms with Gasteiger partial charge in [0, 0.05) is 61.6 Å². The first-order valence-corrected chi connectivity index (χ1v) is 9.05. The third-order valence-corrected chi connectivity index (χ3v) is 4.78. The minimum atomic E-state index is 0.0936. The topological polar surface area (TPSA) is 62.2 Å². The van der Waals surface area contributed by atoms with E-state index in [-0.39, 0.29) is 5.78 Å². The lowest BCUT2D eigenvalue weighted by Crippen LogP contribution is -2.47. The summed E-state index contributed by atoms with van der Waals surface area (Å²) in [5.74, 6) is 0.838. The molecule has 3 heterocycles. The highest BCUT2D eigenvalue weighted by Gasteiger charge is 2.20. The molecule has 0 radical (unpaired) electrons. The summed E-state index contributed by atoms with van der Waals surface area (Å²) in [5, 5.41) is 0. The fourth-order valence-electron chi connectivity index (χ4n) is 3.26. The van der Waals surface area contributed by atoms with Gasteiger partial charge in [0.05, 0.1) is 5.69 Å². The zero-order chi connectivity index (χ0) is 18.6. The molecule has 6 heteroatoms. The van der Waals surface area contributed by atoms with Gasteiger partial charge in [-0.1, -0.05) is 12.1 Å². The van der Waals surface area contributed by atoms with Gasteiger partial charge in [0.1, 0.15) is 0 Å². The Morgan fingerprint density at radius 3 is 2.52 bits per heavy atom. The van der Waals surface area contributed by atoms with Crippen LogP contribution in [0, 0.1) is 0 Å². The first-order valence-electron chi connectivity index (χ1n) is 9.05. The maximum atomic E-state index is 11.6. The van der Waals surface area contributed by atoms with Gasteiger partial charge in [-0.15, -0.1) is 0 Å². The van der Waals surface area contributed by atoms with Crippen LogP contribution in [0.2, 0.25) is 0 Å². The van der Waals surface area contributed by atoms with Crippen molar-refractivity contribution in [1.29, 1.82) is 0 Å². The SMILES string of the molecule is CC(=O)c1cccc(N2CCN(c3nccc(-c4cccnc4)n3)CC2)c1. The highest BCUT2D eigenvalue weighted by Crippen LogP contribution is 2.22. The van der Waals surface area contributed by atoms with Gasteiger partial charge < -0.3 is 9.80 Å². The molecule has 0 N–H and O–H groups in total. The van der Waals surface area contributed by atoms with Gasteiger partial charge in [-0.25, -0.2) is 9.97 Å². The van der Waals surface area contributed by atoms with Gasteiger partial charge in [0.15, 0.2) is 5.78 Å². The van der Waals surface area contributed by atoms with Crippen LogP contribution in [0.1, 0.15) is 17.3 Å². The first kappa shape index (κ1) is 17.1. The van der Waals surface area contributed by atoms with Gasteiger partial charge in [0.2, 0.25) is 5.95 Å². The minimum Gasteiger partial charge on any atom is -0.368 e. The van der Waals surface area contributed by atoms with E-state index in [2.05, 4.69) is 25.8 Å². The van der Waals surface area contributed by atoms with Crippen LogP contribution >= 0.6 is 0 Å². The summed E-state index contributed by atoms with van der Waals surface area (Å²) in [6, 6.07) is 13.6. The number of aromatic nitrogens is 3. The molecule has 136 valence electrons. The quantitative estimate of drug-likeness (QED) is 0.667. The van der Waals surface area contributed by atoms with E-state index in [0.717, 1.165) is 54.6 Å². The van der Waals surface area contributed by atoms with E-state index in [1.165, 1.54) is 0 Å². The number of benzene rings is 1. The second kappa shape index (κ2) is 7.53. The molecule has 4 rings (SSSR count). The van der Waals surface area contributed by atoms with Crippen LogP contribution in [0.25, 0.3) is 11.3 Å². The van der Waals surface area contributed by atoms with Crippen molar-refractivity contribution in [2.24, 2.45) is 0 Å². The number of rotatable bonds is 4. The van der Waals surface area contributed by atoms with Crippen LogP contribution in [-0.2, 0) is 0 Å². The maximum absolute atomic E-state index is 11.6. The van der Waals surface area contributed by atoms with Gasteiger partial charge in [-0.3, -0.25) is 9.78 Å². The van der Waals surface area contributed by atoms with Crippen LogP contribution < -0.4 is 9.80 Å². The lowest BCUT2D eigenvalue weighted by atomic mass is 10.1. The number of hydrogen-bond acceptors (Lipinski definition) is 6. The van der Waals surface area contributed by atoms with E-state index in [4.69, 9.17) is 4.98 Å². The first-order chi connectivity index (χ1) is 13.2. The molecule has 0 bridgehead atoms. The summed E-state index contributed by atoms with van der Waals surface area (Å²) in [4.78, 5) is 29.4. The molecule has 1 aromatic carbocycles. The normalized spacial score (nSPS) is 14.3. The van der Waals surface area contributed by atoms with Crippen molar-refractivity contribution in [1.82, 2.24) is 15.0 Å². The van der Waals surface area contributed by atoms with Crippen LogP contribution in [0.3, 0.4) is 0 Å². The third-order valence-electron chi connectivity index (χ3n) is 4.78. The highest BCUT2D eigenvalue weighted by atomic mass is 16.1. The lowest BCUT2D eigenvalue weighted by molar-refractivity contribution is 0.101. The van der Waals surface area contributed by atoms with Crippen LogP contribution in [0.4, 0.5) is 11.6 Å². The zero-order valence-electron chi connectivity index (χ0n) is 15.2. The summed E-state index contributed by atoms with van der Waals surface area (Å²) in [7, 11) is 0. The van der Waals surface area contributed by atoms with E-state index in [1.807, 2.05) is 42.6 Å². The van der Waals surface area contributed by atoms with Gasteiger partial charge in [-0.2, -0.15) is 0 Å². The number of anilines is 2. The molecule has 6 nitrogen and oxygen atoms in total. The Kier molecular flexibility index (Phi) is 4.78. The molecular weight excluding hydrogens is 338 g/mol. The van der Waals surface area contributed by atoms with Crippen molar-refractivity contribution in [3.8, 4) is 11.3 Å². The highest BCUT2D eigenvalue weighted by molar-refractivity contribution is 5.95. The summed E-state index contributed by atoms with van der Waals surface area (Å²) in [5.41, 5.74) is 3.71. The smallest absolute Gasteiger partial charge is 0.225 e. The molecular formula is C21H21N5O. The largest absolute Gasteiger partial charge is 0.368 e. The molecule has 2 aromatic heterocycles. The maximum Gasteiger partial charge on any atom is 0.225 e. The van der Waals surface area contributed by atoms with Crippen LogP contribution in [0.5, 0.6) is 0 Å². The van der Waals surface area contributed by atoms with Crippen molar-refractivity contribution in [2.75, 3.05) is 36.0 Å². The van der Waals surface area contributed by atoms with E-state index < -0.39 is 0 Å². The summed E-state index contributed by atoms with van der Waals surface area (Å²) < 4.78 is 0. The molecule has 3 aromatic rings. The number of pyridine rings is 1. The Bertz CT molecular complexity index is 936. The van der Waals surface area contributed by atoms with Crippen LogP contribution in [-0.4, -0.2) is 46.9 Å². The van der Waals surface area contributed by atoms with Gasteiger partial charge >= 0.3 is 0 Å². The number of piperazine rings is 1. The number of Topliss-reactive ketones (excluding diaryl/α,β-unsaturated/α-hetero) is 1. The molecule has 1 aliphatic rings. The third kappa shape index (κ3) is 3.79. The van der Waals surface area contributed by atoms with Crippen molar-refractivity contribution in [3.05, 3.63) is 66.6 Å². The molecule has 0 saturated carbocycles. The molecule has 0 unspecified atom stereocenters. The Morgan fingerprint density at radius 1 is 0.963 bits per heavy atom. The molecule has 1 fully saturated rings. The number of carbonyl (C=O) groups excluding carboxylic acids is 1. The summed E-state index contributed by atoms with van der Waals surface area (Å²) in [6.45, 7) is 4.99. The molecule has 1 saturated heterocycles. The second-order valence-electron chi connectivity index (χ2n) is 6.56. The molecule has 0 amide bonds. The zero-order valence-corrected chi connectivity index (χ0v) is 15.2. The summed E-state index contributed by atoms with van der Waals surface area (Å²) >= 11 is 0. The predicted molar refractivity (Wildman–Crippen MR) is 106 cm³/mol. The lowest BCUT2D eigenvalue weighted by Gasteiger charge is -2.36. The molecule has 1 aliphatic heterocycles. The fourth-order valence-corrected chi connectivity index (χ4v) is 3.26. The molecule has 27 heavy (non-hydrogen) atoms. The van der Waals surface area contributed by atoms with E-state index in [0.29, 0.717) is 0 Å². The van der Waals surface area contributed by atoms with E-state index in [9.17, 15) is 4.79 Å². The van der Waals surface area contributed by atoms with Crippen molar-refractivity contribution in [2.45, 2.75) is 6.92 Å². The second-order valence-corrected chi connectivity index (χ2v) is 6.56. The van der Waals surface area contributed by atoms with Crippen molar-refractivity contribution < 1.29 is 4.79 Å². The van der Waals surface area contributed by atoms with Crippen molar-refractivity contribution >= 4 is 17.4 Å². The average Bonchev–Trinajstić information content (AvgIpc) is 2.75. The standard InChI is InChI=1S/C21H21N5O/c1-16(27)17-4-2-6-19(14-17)25-10-12-26(13-11-25)21-23-9-7-20(24-21)18-5-3-8-22-15-18/h2-9,14-15H,10-13H2,1H3. The molecule has 0 spiro atoms. The predicted octanol–water partition coefficient (Wildman–Crippen LogP) is 3.07. The average molecular weight is 359 g/mol. The van der Waals surface area contributed by atoms with Gasteiger partial charge in [0.25, 0.3) is 0 Å². The van der Waals surface area contributed by atoms with Crippen LogP contribution in [0.15, 0.2) is 61.1 Å². The minimum absolute atomic E-state index is 0.0936. The molecule has 0 atom stereocenters. The summed E-state index contributed by atoms with van der Waals surface area (Å²) in [6.07, 6.45) is 5.37. The van der Waals surface area contributed by atoms with Crippen molar-refractivity contribution in [3.63, 3.8) is 0 Å². The number of nitrogens with zero attached hydrogens (tertiary/aromatic N) is 5. The Labute approximate surface area is 158 Å².